The van der Waals surface area contributed by atoms with E-state index in [2.05, 4.69) is 68.6 Å². The molecule has 3 unspecified atom stereocenters. The van der Waals surface area contributed by atoms with E-state index in [9.17, 15) is 19.8 Å². The maximum absolute atomic E-state index is 13.2. The van der Waals surface area contributed by atoms with E-state index in [0.29, 0.717) is 19.3 Å². The largest absolute Gasteiger partial charge is 0.462 e. The third kappa shape index (κ3) is 48.1. The van der Waals surface area contributed by atoms with Gasteiger partial charge >= 0.3 is 5.97 Å². The Hall–Kier alpha value is -2.18. The van der Waals surface area contributed by atoms with Crippen LogP contribution in [0.4, 0.5) is 0 Å². The molecule has 0 heterocycles. The summed E-state index contributed by atoms with van der Waals surface area (Å²) < 4.78 is 5.90. The monoisotopic (exact) mass is 912 g/mol. The minimum Gasteiger partial charge on any atom is -0.462 e. The van der Waals surface area contributed by atoms with Crippen LogP contribution in [0.3, 0.4) is 0 Å². The van der Waals surface area contributed by atoms with Gasteiger partial charge in [-0.2, -0.15) is 0 Å². The molecule has 0 aliphatic rings. The van der Waals surface area contributed by atoms with Gasteiger partial charge < -0.3 is 20.3 Å². The van der Waals surface area contributed by atoms with E-state index in [1.165, 1.54) is 173 Å². The number of nitrogens with one attached hydrogen (secondary N) is 1. The van der Waals surface area contributed by atoms with Gasteiger partial charge in [-0.15, -0.1) is 0 Å². The van der Waals surface area contributed by atoms with Gasteiger partial charge in [-0.25, -0.2) is 0 Å². The van der Waals surface area contributed by atoms with Gasteiger partial charge in [0, 0.05) is 6.42 Å². The van der Waals surface area contributed by atoms with Gasteiger partial charge in [0.25, 0.3) is 0 Å². The summed E-state index contributed by atoms with van der Waals surface area (Å²) in [6.45, 7) is 6.47. The number of carbonyl (C=O) groups excluding carboxylic acids is 2. The molecule has 0 aliphatic heterocycles. The van der Waals surface area contributed by atoms with Gasteiger partial charge in [-0.1, -0.05) is 256 Å². The predicted molar refractivity (Wildman–Crippen MR) is 282 cm³/mol. The summed E-state index contributed by atoms with van der Waals surface area (Å²) >= 11 is 0. The number of unbranched alkanes of at least 4 members (excludes halogenated alkanes) is 32. The molecular formula is C59H109NO5. The van der Waals surface area contributed by atoms with Crippen molar-refractivity contribution in [2.75, 3.05) is 6.61 Å². The number of aliphatic hydroxyl groups excluding tert-OH is 2. The number of carbonyl (C=O) groups is 2. The Kier molecular flexibility index (Phi) is 51.0. The molecule has 0 aliphatic carbocycles. The van der Waals surface area contributed by atoms with E-state index < -0.39 is 18.2 Å². The Bertz CT molecular complexity index is 1110. The molecule has 0 fully saturated rings. The standard InChI is InChI=1S/C59H109NO5/c1-4-7-10-13-16-19-22-25-27-29-31-34-36-39-42-45-48-51-57(62)56(54-61)60-58(63)53-55(50-47-44-41-38-35-33-30-28-26-23-20-17-14-11-8-5-2)65-59(64)52-49-46-43-40-37-32-24-21-18-15-12-9-6-3/h28,30,32-33,35,37,43,46,55-57,61-62H,4-27,29,31,34,36,38-42,44-45,47-54H2,1-3H3,(H,60,63)/b30-28+,35-33+,37-32-,46-43+. The molecule has 0 radical (unpaired) electrons. The van der Waals surface area contributed by atoms with Gasteiger partial charge in [0.2, 0.25) is 5.91 Å². The third-order valence-electron chi connectivity index (χ3n) is 12.9. The summed E-state index contributed by atoms with van der Waals surface area (Å²) in [6.07, 6.45) is 64.7. The topological polar surface area (TPSA) is 95.9 Å². The van der Waals surface area contributed by atoms with E-state index in [0.717, 1.165) is 64.2 Å². The van der Waals surface area contributed by atoms with E-state index in [-0.39, 0.29) is 31.3 Å². The average Bonchev–Trinajstić information content (AvgIpc) is 3.30. The second kappa shape index (κ2) is 52.8. The number of hydrogen-bond acceptors (Lipinski definition) is 5. The number of rotatable bonds is 51. The molecule has 3 atom stereocenters. The summed E-state index contributed by atoms with van der Waals surface area (Å²) in [5.41, 5.74) is 0. The highest BCUT2D eigenvalue weighted by molar-refractivity contribution is 5.77. The summed E-state index contributed by atoms with van der Waals surface area (Å²) in [5.74, 6) is -0.572. The number of esters is 1. The molecule has 0 saturated heterocycles. The lowest BCUT2D eigenvalue weighted by atomic mass is 10.0. The van der Waals surface area contributed by atoms with Gasteiger partial charge in [-0.3, -0.25) is 9.59 Å². The molecule has 65 heavy (non-hydrogen) atoms. The highest BCUT2D eigenvalue weighted by atomic mass is 16.5. The minimum atomic E-state index is -0.804. The Morgan fingerprint density at radius 1 is 0.462 bits per heavy atom. The second-order valence-electron chi connectivity index (χ2n) is 19.4. The second-order valence-corrected chi connectivity index (χ2v) is 19.4. The first-order valence-corrected chi connectivity index (χ1v) is 28.4. The Labute approximate surface area is 404 Å². The maximum Gasteiger partial charge on any atom is 0.306 e. The first kappa shape index (κ1) is 62.8. The molecule has 1 amide bonds. The van der Waals surface area contributed by atoms with Crippen LogP contribution < -0.4 is 5.32 Å². The smallest absolute Gasteiger partial charge is 0.306 e. The molecule has 6 nitrogen and oxygen atoms in total. The Balaban J connectivity index is 4.62. The van der Waals surface area contributed by atoms with Crippen LogP contribution in [0.15, 0.2) is 48.6 Å². The molecule has 380 valence electrons. The van der Waals surface area contributed by atoms with Crippen molar-refractivity contribution < 1.29 is 24.5 Å². The zero-order valence-electron chi connectivity index (χ0n) is 43.4. The van der Waals surface area contributed by atoms with Crippen molar-refractivity contribution in [1.29, 1.82) is 0 Å². The average molecular weight is 913 g/mol. The number of ether oxygens (including phenoxy) is 1. The van der Waals surface area contributed by atoms with E-state index in [1.54, 1.807) is 0 Å². The molecular weight excluding hydrogens is 803 g/mol. The van der Waals surface area contributed by atoms with Crippen LogP contribution in [-0.2, 0) is 14.3 Å². The number of aliphatic hydroxyl groups is 2. The molecule has 0 aromatic heterocycles. The zero-order valence-corrected chi connectivity index (χ0v) is 43.4. The lowest BCUT2D eigenvalue weighted by Gasteiger charge is -2.24. The number of allylic oxidation sites excluding steroid dienone is 8. The fourth-order valence-corrected chi connectivity index (χ4v) is 8.59. The molecule has 0 bridgehead atoms. The quantitative estimate of drug-likeness (QED) is 0.0245. The molecule has 0 rings (SSSR count). The third-order valence-corrected chi connectivity index (χ3v) is 12.9. The summed E-state index contributed by atoms with van der Waals surface area (Å²) in [5, 5.41) is 23.9. The number of hydrogen-bond donors (Lipinski definition) is 3. The van der Waals surface area contributed by atoms with Crippen molar-refractivity contribution in [2.24, 2.45) is 0 Å². The van der Waals surface area contributed by atoms with Crippen LogP contribution in [0.5, 0.6) is 0 Å². The van der Waals surface area contributed by atoms with Gasteiger partial charge in [-0.05, 0) is 70.6 Å². The zero-order chi connectivity index (χ0) is 47.4. The lowest BCUT2D eigenvalue weighted by Crippen LogP contribution is -2.46. The van der Waals surface area contributed by atoms with E-state index in [1.807, 2.05) is 6.08 Å². The van der Waals surface area contributed by atoms with Gasteiger partial charge in [0.15, 0.2) is 0 Å². The van der Waals surface area contributed by atoms with Crippen LogP contribution in [0, 0.1) is 0 Å². The molecule has 0 aromatic rings. The van der Waals surface area contributed by atoms with Crippen LogP contribution >= 0.6 is 0 Å². The first-order chi connectivity index (χ1) is 32.0. The first-order valence-electron chi connectivity index (χ1n) is 28.4. The minimum absolute atomic E-state index is 0.0385. The molecule has 0 saturated carbocycles. The van der Waals surface area contributed by atoms with Crippen molar-refractivity contribution in [3.8, 4) is 0 Å². The van der Waals surface area contributed by atoms with Gasteiger partial charge in [0.1, 0.15) is 6.10 Å². The highest BCUT2D eigenvalue weighted by Crippen LogP contribution is 2.18. The Morgan fingerprint density at radius 3 is 1.28 bits per heavy atom. The maximum atomic E-state index is 13.2. The summed E-state index contributed by atoms with van der Waals surface area (Å²) in [4.78, 5) is 26.2. The van der Waals surface area contributed by atoms with Crippen molar-refractivity contribution in [1.82, 2.24) is 5.32 Å². The normalized spacial score (nSPS) is 13.5. The Morgan fingerprint density at radius 2 is 0.831 bits per heavy atom. The van der Waals surface area contributed by atoms with Crippen LogP contribution in [0.1, 0.15) is 290 Å². The number of amides is 1. The summed E-state index contributed by atoms with van der Waals surface area (Å²) in [6, 6.07) is -0.721. The van der Waals surface area contributed by atoms with Crippen LogP contribution in [0.25, 0.3) is 0 Å². The van der Waals surface area contributed by atoms with Crippen molar-refractivity contribution in [3.05, 3.63) is 48.6 Å². The van der Waals surface area contributed by atoms with Gasteiger partial charge in [0.05, 0.1) is 25.2 Å². The molecule has 3 N–H and O–H groups in total. The van der Waals surface area contributed by atoms with E-state index in [4.69, 9.17) is 4.74 Å². The van der Waals surface area contributed by atoms with Crippen molar-refractivity contribution in [2.45, 2.75) is 309 Å². The molecule has 0 spiro atoms. The van der Waals surface area contributed by atoms with Crippen molar-refractivity contribution in [3.63, 3.8) is 0 Å². The van der Waals surface area contributed by atoms with Crippen LogP contribution in [-0.4, -0.2) is 46.9 Å². The lowest BCUT2D eigenvalue weighted by molar-refractivity contribution is -0.150. The molecule has 6 heteroatoms. The van der Waals surface area contributed by atoms with E-state index >= 15 is 0 Å². The molecule has 0 aromatic carbocycles. The van der Waals surface area contributed by atoms with Crippen molar-refractivity contribution >= 4 is 11.9 Å². The summed E-state index contributed by atoms with van der Waals surface area (Å²) in [7, 11) is 0. The van der Waals surface area contributed by atoms with Crippen LogP contribution in [0.2, 0.25) is 0 Å². The highest BCUT2D eigenvalue weighted by Gasteiger charge is 2.24. The fourth-order valence-electron chi connectivity index (χ4n) is 8.59. The SMILES string of the molecule is CCCCCCCC/C=C\C/C=C/CCC(=O)OC(CCCCC/C=C/C=C/CCCCCCCCC)CC(=O)NC(CO)C(O)CCCCCCCCCCCCCCCCCCC. The fraction of sp³-hybridized carbons (Fsp3) is 0.831. The predicted octanol–water partition coefficient (Wildman–Crippen LogP) is 17.4.